The molecule has 1 atom stereocenters. The monoisotopic (exact) mass is 125 g/mol. The van der Waals surface area contributed by atoms with Crippen molar-refractivity contribution in [1.29, 1.82) is 0 Å². The summed E-state index contributed by atoms with van der Waals surface area (Å²) in [5.74, 6) is 0.942. The molecular weight excluding hydrogens is 116 g/mol. The van der Waals surface area contributed by atoms with E-state index in [1.54, 1.807) is 6.20 Å². The first-order valence-electron chi connectivity index (χ1n) is 2.80. The Morgan fingerprint density at radius 1 is 1.78 bits per heavy atom. The quantitative estimate of drug-likeness (QED) is 0.447. The average Bonchev–Trinajstić information content (AvgIpc) is 2.13. The van der Waals surface area contributed by atoms with Gasteiger partial charge in [0.2, 0.25) is 5.84 Å². The van der Waals surface area contributed by atoms with Crippen molar-refractivity contribution in [3.8, 4) is 0 Å². The Kier molecular flexibility index (Phi) is 1.44. The van der Waals surface area contributed by atoms with E-state index in [1.165, 1.54) is 0 Å². The summed E-state index contributed by atoms with van der Waals surface area (Å²) in [7, 11) is 1.94. The third-order valence-corrected chi connectivity index (χ3v) is 1.35. The molecule has 0 radical (unpaired) electrons. The largest absolute Gasteiger partial charge is 0.296 e. The summed E-state index contributed by atoms with van der Waals surface area (Å²) in [6.07, 6.45) is 2.54. The molecule has 1 heterocycles. The van der Waals surface area contributed by atoms with Crippen LogP contribution in [0, 0.1) is 0 Å². The fourth-order valence-electron chi connectivity index (χ4n) is 0.701. The molecule has 0 aromatic rings. The highest BCUT2D eigenvalue weighted by molar-refractivity contribution is 5.83. The predicted molar refractivity (Wildman–Crippen MR) is 34.1 cm³/mol. The smallest absolute Gasteiger partial charge is 0.203 e. The molecule has 1 unspecified atom stereocenters. The second kappa shape index (κ2) is 2.11. The summed E-state index contributed by atoms with van der Waals surface area (Å²) >= 11 is 0. The van der Waals surface area contributed by atoms with Crippen molar-refractivity contribution >= 4 is 12.1 Å². The number of hydrogen-bond donors (Lipinski definition) is 1. The zero-order valence-electron chi connectivity index (χ0n) is 5.51. The molecule has 1 rings (SSSR count). The van der Waals surface area contributed by atoms with Crippen molar-refractivity contribution < 1.29 is 9.69 Å². The van der Waals surface area contributed by atoms with Gasteiger partial charge in [-0.15, -0.1) is 0 Å². The van der Waals surface area contributed by atoms with Gasteiger partial charge in [-0.3, -0.25) is 9.69 Å². The summed E-state index contributed by atoms with van der Waals surface area (Å²) < 4.78 is 0. The van der Waals surface area contributed by atoms with Crippen LogP contribution >= 0.6 is 0 Å². The summed E-state index contributed by atoms with van der Waals surface area (Å²) in [5, 5.41) is 0. The second-order valence-corrected chi connectivity index (χ2v) is 2.07. The number of hydrogen-bond acceptors (Lipinski definition) is 2. The number of aliphatic imine (C=N–C) groups is 1. The Morgan fingerprint density at radius 2 is 2.44 bits per heavy atom. The van der Waals surface area contributed by atoms with Crippen molar-refractivity contribution in [2.24, 2.45) is 4.99 Å². The minimum atomic E-state index is 0.532. The van der Waals surface area contributed by atoms with E-state index in [1.807, 2.05) is 14.0 Å². The molecule has 0 bridgehead atoms. The Bertz CT molecular complexity index is 193. The standard InChI is InChI=1S/C6H8N2O/c1-5-7-6(4-9)3-8(5)2/h3-4H,1-2H3/p+1. The molecule has 0 amide bonds. The van der Waals surface area contributed by atoms with E-state index in [9.17, 15) is 4.79 Å². The van der Waals surface area contributed by atoms with E-state index in [2.05, 4.69) is 4.99 Å². The van der Waals surface area contributed by atoms with Crippen LogP contribution in [0.3, 0.4) is 0 Å². The highest BCUT2D eigenvalue weighted by Crippen LogP contribution is 1.91. The molecule has 0 aromatic carbocycles. The first-order valence-corrected chi connectivity index (χ1v) is 2.80. The zero-order valence-corrected chi connectivity index (χ0v) is 5.51. The molecule has 0 fully saturated rings. The summed E-state index contributed by atoms with van der Waals surface area (Å²) in [5.41, 5.74) is 0.532. The molecule has 1 aliphatic rings. The number of carbonyl (C=O) groups excluding carboxylic acids is 1. The normalized spacial score (nSPS) is 25.3. The van der Waals surface area contributed by atoms with E-state index in [0.717, 1.165) is 17.0 Å². The number of amidine groups is 1. The molecule has 9 heavy (non-hydrogen) atoms. The molecule has 1 aliphatic heterocycles. The van der Waals surface area contributed by atoms with Gasteiger partial charge in [0.05, 0.1) is 7.05 Å². The number of rotatable bonds is 1. The van der Waals surface area contributed by atoms with Gasteiger partial charge in [0.1, 0.15) is 6.20 Å². The summed E-state index contributed by atoms with van der Waals surface area (Å²) in [6.45, 7) is 1.89. The lowest BCUT2D eigenvalue weighted by molar-refractivity contribution is -0.718. The first kappa shape index (κ1) is 6.16. The van der Waals surface area contributed by atoms with Crippen molar-refractivity contribution in [2.75, 3.05) is 7.05 Å². The van der Waals surface area contributed by atoms with Gasteiger partial charge in [0.25, 0.3) is 0 Å². The topological polar surface area (TPSA) is 33.9 Å². The van der Waals surface area contributed by atoms with E-state index in [0.29, 0.717) is 5.70 Å². The first-order chi connectivity index (χ1) is 4.24. The Hall–Kier alpha value is -0.960. The van der Waals surface area contributed by atoms with Gasteiger partial charge < -0.3 is 0 Å². The van der Waals surface area contributed by atoms with Gasteiger partial charge in [-0.25, -0.2) is 0 Å². The van der Waals surface area contributed by atoms with Crippen LogP contribution in [-0.4, -0.2) is 19.2 Å². The third-order valence-electron chi connectivity index (χ3n) is 1.35. The number of nitrogens with zero attached hydrogens (tertiary/aromatic N) is 1. The van der Waals surface area contributed by atoms with Gasteiger partial charge >= 0.3 is 0 Å². The summed E-state index contributed by atoms with van der Waals surface area (Å²) in [6, 6.07) is 0. The lowest BCUT2D eigenvalue weighted by Gasteiger charge is -1.96. The fraction of sp³-hybridized carbons (Fsp3) is 0.333. The van der Waals surface area contributed by atoms with Gasteiger partial charge in [-0.2, -0.15) is 4.99 Å². The Morgan fingerprint density at radius 3 is 2.67 bits per heavy atom. The maximum Gasteiger partial charge on any atom is 0.203 e. The van der Waals surface area contributed by atoms with Crippen molar-refractivity contribution in [3.63, 3.8) is 0 Å². The van der Waals surface area contributed by atoms with Crippen LogP contribution in [0.5, 0.6) is 0 Å². The van der Waals surface area contributed by atoms with Crippen LogP contribution in [-0.2, 0) is 4.79 Å². The molecule has 0 aliphatic carbocycles. The number of carbonyl (C=O) groups is 1. The lowest BCUT2D eigenvalue weighted by Crippen LogP contribution is -3.05. The number of allylic oxidation sites excluding steroid dienone is 1. The van der Waals surface area contributed by atoms with Crippen LogP contribution < -0.4 is 4.90 Å². The molecule has 48 valence electrons. The lowest BCUT2D eigenvalue weighted by atomic mass is 10.5. The highest BCUT2D eigenvalue weighted by Gasteiger charge is 2.13. The number of aldehydes is 1. The van der Waals surface area contributed by atoms with Gasteiger partial charge in [0, 0.05) is 6.92 Å². The summed E-state index contributed by atoms with van der Waals surface area (Å²) in [4.78, 5) is 15.2. The molecule has 0 aromatic heterocycles. The van der Waals surface area contributed by atoms with Crippen molar-refractivity contribution in [2.45, 2.75) is 6.92 Å². The van der Waals surface area contributed by atoms with E-state index >= 15 is 0 Å². The van der Waals surface area contributed by atoms with Gasteiger partial charge in [-0.1, -0.05) is 0 Å². The maximum absolute atomic E-state index is 10.1. The van der Waals surface area contributed by atoms with Crippen LogP contribution in [0.4, 0.5) is 0 Å². The third kappa shape index (κ3) is 1.05. The van der Waals surface area contributed by atoms with Gasteiger partial charge in [0.15, 0.2) is 12.0 Å². The van der Waals surface area contributed by atoms with Crippen molar-refractivity contribution in [1.82, 2.24) is 0 Å². The van der Waals surface area contributed by atoms with Crippen molar-refractivity contribution in [3.05, 3.63) is 11.9 Å². The highest BCUT2D eigenvalue weighted by atomic mass is 16.1. The molecule has 3 nitrogen and oxygen atoms in total. The van der Waals surface area contributed by atoms with Crippen LogP contribution in [0.1, 0.15) is 6.92 Å². The molecule has 0 saturated carbocycles. The Balaban J connectivity index is 2.82. The van der Waals surface area contributed by atoms with E-state index in [-0.39, 0.29) is 0 Å². The van der Waals surface area contributed by atoms with Crippen LogP contribution in [0.25, 0.3) is 0 Å². The minimum absolute atomic E-state index is 0.532. The number of nitrogens with one attached hydrogen (secondary N) is 1. The minimum Gasteiger partial charge on any atom is -0.296 e. The molecule has 0 spiro atoms. The second-order valence-electron chi connectivity index (χ2n) is 2.07. The van der Waals surface area contributed by atoms with Gasteiger partial charge in [-0.05, 0) is 0 Å². The number of quaternary nitrogens is 1. The van der Waals surface area contributed by atoms with E-state index in [4.69, 9.17) is 0 Å². The zero-order chi connectivity index (χ0) is 6.85. The average molecular weight is 125 g/mol. The predicted octanol–water partition coefficient (Wildman–Crippen LogP) is -1.03. The molecule has 0 saturated heterocycles. The Labute approximate surface area is 53.7 Å². The molecule has 3 heteroatoms. The molecular formula is C6H9N2O+. The SMILES string of the molecule is CC1=NC(C=O)=C[NH+]1C. The van der Waals surface area contributed by atoms with Crippen LogP contribution in [0.15, 0.2) is 16.9 Å². The van der Waals surface area contributed by atoms with Crippen LogP contribution in [0.2, 0.25) is 0 Å². The molecule has 1 N–H and O–H groups in total. The van der Waals surface area contributed by atoms with E-state index < -0.39 is 0 Å². The fourth-order valence-corrected chi connectivity index (χ4v) is 0.701. The maximum atomic E-state index is 10.1.